The Morgan fingerprint density at radius 1 is 1.21 bits per heavy atom. The molecule has 1 saturated heterocycles. The number of allylic oxidation sites excluding steroid dienone is 1. The van der Waals surface area contributed by atoms with Crippen molar-refractivity contribution in [1.29, 1.82) is 0 Å². The Bertz CT molecular complexity index is 1060. The number of benzene rings is 1. The number of aromatic nitrogens is 2. The zero-order chi connectivity index (χ0) is 23.3. The molecule has 0 radical (unpaired) electrons. The van der Waals surface area contributed by atoms with Gasteiger partial charge < -0.3 is 15.0 Å². The molecule has 2 aliphatic rings. The second-order valence-electron chi connectivity index (χ2n) is 7.29. The second-order valence-corrected chi connectivity index (χ2v) is 7.29. The Balaban J connectivity index is 1.31. The Morgan fingerprint density at radius 2 is 2.03 bits per heavy atom. The predicted molar refractivity (Wildman–Crippen MR) is 117 cm³/mol. The number of alkyl halides is 3. The Labute approximate surface area is 187 Å². The molecule has 12 heteroatoms. The van der Waals surface area contributed by atoms with Crippen molar-refractivity contribution >= 4 is 29.4 Å². The first-order valence-electron chi connectivity index (χ1n) is 10.2. The van der Waals surface area contributed by atoms with Gasteiger partial charge in [-0.05, 0) is 24.3 Å². The van der Waals surface area contributed by atoms with Gasteiger partial charge in [0.05, 0.1) is 49.5 Å². The van der Waals surface area contributed by atoms with E-state index in [1.54, 1.807) is 23.1 Å². The molecule has 1 atom stereocenters. The number of dihydropyridines is 1. The van der Waals surface area contributed by atoms with Crippen molar-refractivity contribution < 1.29 is 22.3 Å². The predicted octanol–water partition coefficient (Wildman–Crippen LogP) is 3.36. The number of hydrogen-bond acceptors (Lipinski definition) is 8. The van der Waals surface area contributed by atoms with Gasteiger partial charge in [-0.2, -0.15) is 23.3 Å². The topological polar surface area (TPSA) is 87.0 Å². The van der Waals surface area contributed by atoms with Crippen molar-refractivity contribution in [2.45, 2.75) is 12.2 Å². The number of aliphatic imine (C=N–C) groups is 1. The summed E-state index contributed by atoms with van der Waals surface area (Å²) in [5, 5.41) is 7.05. The monoisotopic (exact) mass is 463 g/mol. The van der Waals surface area contributed by atoms with Crippen molar-refractivity contribution in [2.75, 3.05) is 48.5 Å². The maximum Gasteiger partial charge on any atom is 0.416 e. The summed E-state index contributed by atoms with van der Waals surface area (Å²) in [6.07, 6.45) is 1.63. The van der Waals surface area contributed by atoms with E-state index in [9.17, 15) is 17.6 Å². The molecule has 33 heavy (non-hydrogen) atoms. The van der Waals surface area contributed by atoms with Crippen LogP contribution < -0.4 is 15.6 Å². The lowest BCUT2D eigenvalue weighted by atomic mass is 10.1. The fourth-order valence-corrected chi connectivity index (χ4v) is 3.27. The largest absolute Gasteiger partial charge is 0.416 e. The molecule has 0 saturated carbocycles. The highest BCUT2D eigenvalue weighted by atomic mass is 19.4. The van der Waals surface area contributed by atoms with Gasteiger partial charge in [0, 0.05) is 18.8 Å². The van der Waals surface area contributed by atoms with Gasteiger partial charge in [-0.25, -0.2) is 14.8 Å². The minimum atomic E-state index is -4.40. The Morgan fingerprint density at radius 3 is 2.76 bits per heavy atom. The second kappa shape index (κ2) is 9.94. The summed E-state index contributed by atoms with van der Waals surface area (Å²) in [6.45, 7) is 2.39. The normalized spacial score (nSPS) is 19.0. The van der Waals surface area contributed by atoms with Crippen LogP contribution in [-0.4, -0.2) is 60.8 Å². The number of nitrogens with zero attached hydrogens (tertiary/aromatic N) is 5. The van der Waals surface area contributed by atoms with Gasteiger partial charge in [-0.3, -0.25) is 4.99 Å². The zero-order valence-electron chi connectivity index (χ0n) is 17.4. The van der Waals surface area contributed by atoms with Crippen LogP contribution in [0.4, 0.5) is 35.0 Å². The van der Waals surface area contributed by atoms with Crippen LogP contribution in [0, 0.1) is 5.82 Å². The lowest BCUT2D eigenvalue weighted by Crippen LogP contribution is -2.37. The minimum absolute atomic E-state index is 0.138. The molecule has 3 heterocycles. The van der Waals surface area contributed by atoms with E-state index in [-0.39, 0.29) is 17.8 Å². The van der Waals surface area contributed by atoms with E-state index in [0.717, 1.165) is 18.3 Å². The van der Waals surface area contributed by atoms with Crippen LogP contribution in [0.25, 0.3) is 0 Å². The molecule has 4 rings (SSSR count). The van der Waals surface area contributed by atoms with Gasteiger partial charge in [0.25, 0.3) is 0 Å². The number of hydrogen-bond donors (Lipinski definition) is 2. The molecule has 2 N–H and O–H groups in total. The van der Waals surface area contributed by atoms with Crippen LogP contribution in [0.1, 0.15) is 5.56 Å². The van der Waals surface area contributed by atoms with E-state index < -0.39 is 17.6 Å². The molecule has 174 valence electrons. The van der Waals surface area contributed by atoms with E-state index in [0.29, 0.717) is 44.2 Å². The summed E-state index contributed by atoms with van der Waals surface area (Å²) in [7, 11) is 0. The summed E-state index contributed by atoms with van der Waals surface area (Å²) in [5.74, 6) is -0.201. The molecule has 0 bridgehead atoms. The van der Waals surface area contributed by atoms with Gasteiger partial charge in [-0.1, -0.05) is 12.1 Å². The van der Waals surface area contributed by atoms with Crippen LogP contribution in [-0.2, 0) is 10.9 Å². The molecule has 1 aromatic carbocycles. The van der Waals surface area contributed by atoms with E-state index in [1.807, 2.05) is 0 Å². The smallest absolute Gasteiger partial charge is 0.378 e. The first kappa shape index (κ1) is 22.6. The van der Waals surface area contributed by atoms with E-state index >= 15 is 0 Å². The first-order valence-corrected chi connectivity index (χ1v) is 10.2. The molecule has 1 unspecified atom stereocenters. The van der Waals surface area contributed by atoms with Crippen LogP contribution >= 0.6 is 0 Å². The summed E-state index contributed by atoms with van der Waals surface area (Å²) >= 11 is 0. The molecule has 0 amide bonds. The van der Waals surface area contributed by atoms with Gasteiger partial charge in [-0.15, -0.1) is 0 Å². The summed E-state index contributed by atoms with van der Waals surface area (Å²) in [6, 6.07) is 4.76. The Kier molecular flexibility index (Phi) is 6.82. The molecule has 2 aromatic rings. The third-order valence-corrected chi connectivity index (χ3v) is 4.91. The van der Waals surface area contributed by atoms with Crippen molar-refractivity contribution in [3.05, 3.63) is 54.0 Å². The van der Waals surface area contributed by atoms with Crippen molar-refractivity contribution in [3.8, 4) is 0 Å². The molecule has 2 aliphatic heterocycles. The van der Waals surface area contributed by atoms with E-state index in [4.69, 9.17) is 4.74 Å². The van der Waals surface area contributed by atoms with Crippen molar-refractivity contribution in [1.82, 2.24) is 9.97 Å². The number of morpholine rings is 1. The quantitative estimate of drug-likeness (QED) is 0.388. The summed E-state index contributed by atoms with van der Waals surface area (Å²) in [5.41, 5.74) is 2.86. The average molecular weight is 463 g/mol. The van der Waals surface area contributed by atoms with E-state index in [2.05, 4.69) is 30.8 Å². The first-order chi connectivity index (χ1) is 15.9. The van der Waals surface area contributed by atoms with Crippen LogP contribution in [0.15, 0.2) is 52.7 Å². The number of halogens is 4. The number of anilines is 3. The fraction of sp³-hybridized carbons (Fsp3) is 0.333. The van der Waals surface area contributed by atoms with Crippen LogP contribution in [0.3, 0.4) is 0 Å². The standard InChI is InChI=1S/C21H21F4N7O/c22-18-13-27-20(30-19(18)32-6-8-33-9-7-32)31-28-12-16-4-5-17(11-26-16)29-15-3-1-2-14(10-15)21(23,24)25/h1-5,10,12-13,17,29H,6-9,11H2,(H,27,30,31)/b28-12-. The average Bonchev–Trinajstić information content (AvgIpc) is 2.81. The van der Waals surface area contributed by atoms with Crippen LogP contribution in [0.5, 0.6) is 0 Å². The van der Waals surface area contributed by atoms with Crippen LogP contribution in [0.2, 0.25) is 0 Å². The zero-order valence-corrected chi connectivity index (χ0v) is 17.4. The summed E-state index contributed by atoms with van der Waals surface area (Å²) in [4.78, 5) is 14.2. The Hall–Kier alpha value is -3.54. The van der Waals surface area contributed by atoms with Gasteiger partial charge >= 0.3 is 6.18 Å². The van der Waals surface area contributed by atoms with Gasteiger partial charge in [0.1, 0.15) is 0 Å². The third-order valence-electron chi connectivity index (χ3n) is 4.91. The molecule has 0 aliphatic carbocycles. The summed E-state index contributed by atoms with van der Waals surface area (Å²) < 4.78 is 57.9. The molecular formula is C21H21F4N7O. The molecule has 0 spiro atoms. The number of nitrogens with one attached hydrogen (secondary N) is 2. The number of hydrazone groups is 1. The SMILES string of the molecule is Fc1cnc(N/N=C\C2=NCC(Nc3cccc(C(F)(F)F)c3)C=C2)nc1N1CCOCC1. The number of ether oxygens (including phenoxy) is 1. The van der Waals surface area contributed by atoms with Crippen molar-refractivity contribution in [3.63, 3.8) is 0 Å². The lowest BCUT2D eigenvalue weighted by molar-refractivity contribution is -0.137. The molecule has 1 fully saturated rings. The molecule has 8 nitrogen and oxygen atoms in total. The highest BCUT2D eigenvalue weighted by Gasteiger charge is 2.30. The van der Waals surface area contributed by atoms with Gasteiger partial charge in [0.2, 0.25) is 5.95 Å². The molecule has 1 aromatic heterocycles. The van der Waals surface area contributed by atoms with Crippen molar-refractivity contribution in [2.24, 2.45) is 10.1 Å². The highest BCUT2D eigenvalue weighted by Crippen LogP contribution is 2.30. The highest BCUT2D eigenvalue weighted by molar-refractivity contribution is 6.36. The lowest BCUT2D eigenvalue weighted by Gasteiger charge is -2.27. The number of rotatable bonds is 6. The third kappa shape index (κ3) is 6.04. The van der Waals surface area contributed by atoms with E-state index in [1.165, 1.54) is 12.3 Å². The van der Waals surface area contributed by atoms with Gasteiger partial charge in [0.15, 0.2) is 11.6 Å². The minimum Gasteiger partial charge on any atom is -0.378 e. The fourth-order valence-electron chi connectivity index (χ4n) is 3.27. The maximum atomic E-state index is 14.1. The molecular weight excluding hydrogens is 442 g/mol. The maximum absolute atomic E-state index is 14.1.